The lowest BCUT2D eigenvalue weighted by atomic mass is 10.00. The number of hydrogen-bond donors (Lipinski definition) is 0. The summed E-state index contributed by atoms with van der Waals surface area (Å²) in [5.41, 5.74) is 0.255. The van der Waals surface area contributed by atoms with Gasteiger partial charge in [-0.05, 0) is 11.6 Å². The Bertz CT molecular complexity index is 334. The van der Waals surface area contributed by atoms with Crippen LogP contribution in [0.1, 0.15) is 28.8 Å². The third-order valence-corrected chi connectivity index (χ3v) is 1.88. The minimum Gasteiger partial charge on any atom is -0.303 e. The molecule has 1 aromatic carbocycles. The van der Waals surface area contributed by atoms with Gasteiger partial charge in [-0.2, -0.15) is 0 Å². The van der Waals surface area contributed by atoms with Crippen molar-refractivity contribution in [3.05, 3.63) is 35.1 Å². The number of halogens is 1. The summed E-state index contributed by atoms with van der Waals surface area (Å²) in [5.74, 6) is -1.11. The fraction of sp³-hybridized carbons (Fsp3) is 0.200. The zero-order valence-corrected chi connectivity index (χ0v) is 7.16. The van der Waals surface area contributed by atoms with Crippen molar-refractivity contribution in [1.29, 1.82) is 0 Å². The van der Waals surface area contributed by atoms with Gasteiger partial charge in [0.05, 0.1) is 5.56 Å². The lowest BCUT2D eigenvalue weighted by molar-refractivity contribution is -0.108. The van der Waals surface area contributed by atoms with Crippen LogP contribution in [-0.4, -0.2) is 12.6 Å². The van der Waals surface area contributed by atoms with E-state index in [2.05, 4.69) is 0 Å². The van der Waals surface area contributed by atoms with Crippen LogP contribution in [0.5, 0.6) is 0 Å². The summed E-state index contributed by atoms with van der Waals surface area (Å²) in [6.45, 7) is 1.58. The first kappa shape index (κ1) is 9.58. The lowest BCUT2D eigenvalue weighted by Crippen LogP contribution is -2.01. The molecule has 1 aromatic rings. The number of rotatable bonds is 3. The second-order valence-electron chi connectivity index (χ2n) is 2.79. The SMILES string of the molecule is CC(C=O)c1cccc(C=O)c1F. The highest BCUT2D eigenvalue weighted by molar-refractivity contribution is 5.76. The highest BCUT2D eigenvalue weighted by Crippen LogP contribution is 2.18. The number of aldehydes is 2. The molecule has 0 amide bonds. The molecular weight excluding hydrogens is 171 g/mol. The summed E-state index contributed by atoms with van der Waals surface area (Å²) in [6, 6.07) is 4.44. The van der Waals surface area contributed by atoms with E-state index in [9.17, 15) is 14.0 Å². The molecule has 13 heavy (non-hydrogen) atoms. The highest BCUT2D eigenvalue weighted by atomic mass is 19.1. The molecule has 0 aliphatic carbocycles. The van der Waals surface area contributed by atoms with E-state index in [4.69, 9.17) is 0 Å². The number of carbonyl (C=O) groups excluding carboxylic acids is 2. The molecule has 1 rings (SSSR count). The van der Waals surface area contributed by atoms with Gasteiger partial charge in [-0.25, -0.2) is 4.39 Å². The summed E-state index contributed by atoms with van der Waals surface area (Å²) in [5, 5.41) is 0. The molecule has 0 heterocycles. The predicted octanol–water partition coefficient (Wildman–Crippen LogP) is 1.94. The average Bonchev–Trinajstić information content (AvgIpc) is 2.17. The maximum absolute atomic E-state index is 13.3. The molecule has 0 fully saturated rings. The van der Waals surface area contributed by atoms with Crippen LogP contribution in [0.2, 0.25) is 0 Å². The highest BCUT2D eigenvalue weighted by Gasteiger charge is 2.12. The summed E-state index contributed by atoms with van der Waals surface area (Å²) < 4.78 is 13.3. The Labute approximate surface area is 75.4 Å². The molecule has 0 bridgehead atoms. The second kappa shape index (κ2) is 3.94. The van der Waals surface area contributed by atoms with Gasteiger partial charge in [0.1, 0.15) is 12.1 Å². The van der Waals surface area contributed by atoms with Gasteiger partial charge < -0.3 is 4.79 Å². The molecule has 0 radical (unpaired) electrons. The van der Waals surface area contributed by atoms with Gasteiger partial charge in [0.2, 0.25) is 0 Å². The Balaban J connectivity index is 3.22. The van der Waals surface area contributed by atoms with Gasteiger partial charge in [-0.3, -0.25) is 4.79 Å². The van der Waals surface area contributed by atoms with Crippen molar-refractivity contribution in [3.8, 4) is 0 Å². The molecule has 0 N–H and O–H groups in total. The maximum atomic E-state index is 13.3. The minimum atomic E-state index is -0.600. The molecule has 0 saturated carbocycles. The van der Waals surface area contributed by atoms with E-state index < -0.39 is 11.7 Å². The van der Waals surface area contributed by atoms with E-state index in [1.165, 1.54) is 12.1 Å². The third kappa shape index (κ3) is 1.80. The summed E-state index contributed by atoms with van der Waals surface area (Å²) >= 11 is 0. The average molecular weight is 180 g/mol. The smallest absolute Gasteiger partial charge is 0.153 e. The molecule has 0 aliphatic heterocycles. The van der Waals surface area contributed by atoms with Gasteiger partial charge in [0, 0.05) is 5.92 Å². The standard InChI is InChI=1S/C10H9FO2/c1-7(5-12)9-4-2-3-8(6-13)10(9)11/h2-7H,1H3. The van der Waals surface area contributed by atoms with Crippen molar-refractivity contribution in [2.45, 2.75) is 12.8 Å². The molecular formula is C10H9FO2. The van der Waals surface area contributed by atoms with E-state index in [0.29, 0.717) is 12.6 Å². The van der Waals surface area contributed by atoms with Crippen LogP contribution in [0, 0.1) is 5.82 Å². The molecule has 3 heteroatoms. The molecule has 1 atom stereocenters. The minimum absolute atomic E-state index is 0.00815. The van der Waals surface area contributed by atoms with Gasteiger partial charge in [-0.15, -0.1) is 0 Å². The fourth-order valence-corrected chi connectivity index (χ4v) is 1.08. The molecule has 2 nitrogen and oxygen atoms in total. The maximum Gasteiger partial charge on any atom is 0.153 e. The van der Waals surface area contributed by atoms with Crippen molar-refractivity contribution in [3.63, 3.8) is 0 Å². The van der Waals surface area contributed by atoms with Gasteiger partial charge >= 0.3 is 0 Å². The van der Waals surface area contributed by atoms with Gasteiger partial charge in [0.15, 0.2) is 6.29 Å². The van der Waals surface area contributed by atoms with Crippen molar-refractivity contribution in [1.82, 2.24) is 0 Å². The van der Waals surface area contributed by atoms with Crippen molar-refractivity contribution < 1.29 is 14.0 Å². The first-order valence-corrected chi connectivity index (χ1v) is 3.89. The second-order valence-corrected chi connectivity index (χ2v) is 2.79. The number of benzene rings is 1. The van der Waals surface area contributed by atoms with Crippen molar-refractivity contribution in [2.75, 3.05) is 0 Å². The Morgan fingerprint density at radius 2 is 2.08 bits per heavy atom. The Morgan fingerprint density at radius 1 is 1.38 bits per heavy atom. The largest absolute Gasteiger partial charge is 0.303 e. The van der Waals surface area contributed by atoms with E-state index in [-0.39, 0.29) is 11.1 Å². The Hall–Kier alpha value is -1.51. The van der Waals surface area contributed by atoms with Crippen LogP contribution < -0.4 is 0 Å². The fourth-order valence-electron chi connectivity index (χ4n) is 1.08. The summed E-state index contributed by atoms with van der Waals surface area (Å²) in [4.78, 5) is 20.8. The van der Waals surface area contributed by atoms with Crippen LogP contribution in [0.25, 0.3) is 0 Å². The topological polar surface area (TPSA) is 34.1 Å². The monoisotopic (exact) mass is 180 g/mol. The molecule has 68 valence electrons. The summed E-state index contributed by atoms with van der Waals surface area (Å²) in [7, 11) is 0. The number of carbonyl (C=O) groups is 2. The van der Waals surface area contributed by atoms with Crippen LogP contribution in [0.15, 0.2) is 18.2 Å². The van der Waals surface area contributed by atoms with Gasteiger partial charge in [0.25, 0.3) is 0 Å². The van der Waals surface area contributed by atoms with Gasteiger partial charge in [-0.1, -0.05) is 19.1 Å². The van der Waals surface area contributed by atoms with Crippen LogP contribution in [0.4, 0.5) is 4.39 Å². The normalized spacial score (nSPS) is 12.2. The predicted molar refractivity (Wildman–Crippen MR) is 46.3 cm³/mol. The molecule has 0 aliphatic rings. The quantitative estimate of drug-likeness (QED) is 0.666. The lowest BCUT2D eigenvalue weighted by Gasteiger charge is -2.06. The van der Waals surface area contributed by atoms with E-state index in [1.807, 2.05) is 0 Å². The van der Waals surface area contributed by atoms with E-state index in [1.54, 1.807) is 13.0 Å². The summed E-state index contributed by atoms with van der Waals surface area (Å²) in [6.07, 6.45) is 1.09. The van der Waals surface area contributed by atoms with Crippen molar-refractivity contribution >= 4 is 12.6 Å². The van der Waals surface area contributed by atoms with Crippen LogP contribution >= 0.6 is 0 Å². The van der Waals surface area contributed by atoms with Crippen LogP contribution in [-0.2, 0) is 4.79 Å². The zero-order valence-electron chi connectivity index (χ0n) is 7.16. The number of hydrogen-bond acceptors (Lipinski definition) is 2. The van der Waals surface area contributed by atoms with Crippen LogP contribution in [0.3, 0.4) is 0 Å². The zero-order chi connectivity index (χ0) is 9.84. The molecule has 0 aromatic heterocycles. The van der Waals surface area contributed by atoms with E-state index in [0.717, 1.165) is 0 Å². The Kier molecular flexibility index (Phi) is 2.90. The first-order valence-electron chi connectivity index (χ1n) is 3.89. The Morgan fingerprint density at radius 3 is 2.62 bits per heavy atom. The molecule has 0 saturated heterocycles. The first-order chi connectivity index (χ1) is 6.20. The van der Waals surface area contributed by atoms with Crippen molar-refractivity contribution in [2.24, 2.45) is 0 Å². The molecule has 1 unspecified atom stereocenters. The van der Waals surface area contributed by atoms with E-state index >= 15 is 0 Å². The third-order valence-electron chi connectivity index (χ3n) is 1.88. The molecule has 0 spiro atoms.